The second-order valence-corrected chi connectivity index (χ2v) is 29.6. The maximum atomic E-state index is 12.9. The van der Waals surface area contributed by atoms with Crippen molar-refractivity contribution in [3.8, 4) is 6.07 Å². The summed E-state index contributed by atoms with van der Waals surface area (Å²) in [4.78, 5) is 12.9. The van der Waals surface area contributed by atoms with Gasteiger partial charge in [-0.3, -0.25) is 4.79 Å². The van der Waals surface area contributed by atoms with Gasteiger partial charge in [-0.1, -0.05) is 80.9 Å². The third kappa shape index (κ3) is 12.2. The van der Waals surface area contributed by atoms with Crippen LogP contribution in [0, 0.1) is 28.6 Å². The molecule has 2 heterocycles. The second-order valence-electron chi connectivity index (χ2n) is 19.3. The predicted octanol–water partition coefficient (Wildman–Crippen LogP) is 12.6. The molecule has 0 saturated carbocycles. The minimum Gasteiger partial charge on any atom is -0.462 e. The van der Waals surface area contributed by atoms with Crippen molar-refractivity contribution in [3.63, 3.8) is 0 Å². The molecule has 57 heavy (non-hydrogen) atoms. The van der Waals surface area contributed by atoms with Crippen molar-refractivity contribution in [2.24, 2.45) is 17.3 Å². The van der Waals surface area contributed by atoms with E-state index >= 15 is 0 Å². The minimum absolute atomic E-state index is 0.00905. The van der Waals surface area contributed by atoms with Gasteiger partial charge in [-0.05, 0) is 131 Å². The number of allylic oxidation sites excluding steroid dienone is 1. The summed E-state index contributed by atoms with van der Waals surface area (Å²) in [6.45, 7) is 35.1. The van der Waals surface area contributed by atoms with Crippen molar-refractivity contribution in [1.82, 2.24) is 0 Å². The van der Waals surface area contributed by atoms with E-state index in [-0.39, 0.29) is 36.3 Å². The fourth-order valence-electron chi connectivity index (χ4n) is 11.4. The molecule has 328 valence electrons. The Bertz CT molecular complexity index is 1350. The molecule has 3 aliphatic rings. The second kappa shape index (κ2) is 22.0. The van der Waals surface area contributed by atoms with Crippen molar-refractivity contribution in [2.45, 2.75) is 227 Å². The molecule has 3 rings (SSSR count). The molecule has 0 aromatic carbocycles. The Labute approximate surface area is 351 Å². The van der Waals surface area contributed by atoms with Gasteiger partial charge in [0.1, 0.15) is 12.2 Å². The van der Waals surface area contributed by atoms with Gasteiger partial charge in [0, 0.05) is 37.9 Å². The molecule has 2 aliphatic heterocycles. The molecule has 0 unspecified atom stereocenters. The largest absolute Gasteiger partial charge is 0.462 e. The minimum atomic E-state index is -1.95. The van der Waals surface area contributed by atoms with E-state index in [4.69, 9.17) is 27.8 Å². The van der Waals surface area contributed by atoms with Crippen LogP contribution in [0.3, 0.4) is 0 Å². The highest BCUT2D eigenvalue weighted by Gasteiger charge is 2.52. The molecule has 0 bridgehead atoms. The van der Waals surface area contributed by atoms with E-state index in [0.717, 1.165) is 63.3 Å². The van der Waals surface area contributed by atoms with E-state index in [9.17, 15) is 10.1 Å². The van der Waals surface area contributed by atoms with Crippen LogP contribution in [0.1, 0.15) is 162 Å². The zero-order chi connectivity index (χ0) is 42.8. The Morgan fingerprint density at radius 3 is 2.18 bits per heavy atom. The number of nitriles is 1. The first-order chi connectivity index (χ1) is 26.8. The van der Waals surface area contributed by atoms with Crippen molar-refractivity contribution in [1.29, 1.82) is 5.26 Å². The van der Waals surface area contributed by atoms with Gasteiger partial charge in [-0.2, -0.15) is 5.26 Å². The van der Waals surface area contributed by atoms with Crippen molar-refractivity contribution in [2.75, 3.05) is 19.8 Å². The predicted molar refractivity (Wildman–Crippen MR) is 238 cm³/mol. The van der Waals surface area contributed by atoms with Gasteiger partial charge in [0.15, 0.2) is 22.4 Å². The number of carbonyl (C=O) groups excluding carboxylic acids is 1. The van der Waals surface area contributed by atoms with Gasteiger partial charge < -0.3 is 27.8 Å². The lowest BCUT2D eigenvalue weighted by Crippen LogP contribution is -2.50. The van der Waals surface area contributed by atoms with Crippen LogP contribution in [0.2, 0.25) is 34.8 Å². The van der Waals surface area contributed by atoms with E-state index in [1.54, 1.807) is 0 Å². The van der Waals surface area contributed by atoms with Crippen LogP contribution in [-0.2, 0) is 32.6 Å². The van der Waals surface area contributed by atoms with E-state index in [1.807, 2.05) is 13.8 Å². The van der Waals surface area contributed by atoms with Gasteiger partial charge in [0.05, 0.1) is 24.9 Å². The standard InChI is InChI=1S/C47H85NO7Si2/c1-16-56(17-2,18-3)52-31-42-38(12)41(43-32-50-46(14,15)55-43)25-27-47(42,26-21-28-48)44(53-39(13)49)24-19-22-36(10)45-37(11)30-40(54-45)23-20-29-51-57(33(4)5,34(6)7)35(8)9/h22,33-35,37,40,42-45H,16-21,23-27,29-32H2,1-15H3/b36-22+/t37-,40-,42+,43+,44+,45+,47+/m1/s1. The van der Waals surface area contributed by atoms with E-state index in [2.05, 4.69) is 95.2 Å². The van der Waals surface area contributed by atoms with Crippen LogP contribution in [0.15, 0.2) is 22.8 Å². The highest BCUT2D eigenvalue weighted by atomic mass is 28.4. The van der Waals surface area contributed by atoms with Crippen LogP contribution in [0.25, 0.3) is 0 Å². The monoisotopic (exact) mass is 832 g/mol. The van der Waals surface area contributed by atoms with Gasteiger partial charge in [0.25, 0.3) is 0 Å². The van der Waals surface area contributed by atoms with E-state index in [1.165, 1.54) is 23.6 Å². The summed E-state index contributed by atoms with van der Waals surface area (Å²) in [5, 5.41) is 10.0. The molecule has 2 fully saturated rings. The number of hydrogen-bond donors (Lipinski definition) is 0. The van der Waals surface area contributed by atoms with Crippen LogP contribution in [0.5, 0.6) is 0 Å². The molecule has 0 aromatic rings. The molecule has 10 heteroatoms. The third-order valence-electron chi connectivity index (χ3n) is 14.7. The van der Waals surface area contributed by atoms with Crippen LogP contribution < -0.4 is 0 Å². The van der Waals surface area contributed by atoms with Crippen LogP contribution in [-0.4, -0.2) is 72.6 Å². The maximum Gasteiger partial charge on any atom is 0.302 e. The van der Waals surface area contributed by atoms with E-state index < -0.39 is 27.8 Å². The molecular weight excluding hydrogens is 747 g/mol. The number of ether oxygens (including phenoxy) is 4. The Kier molecular flexibility index (Phi) is 19.3. The fourth-order valence-corrected chi connectivity index (χ4v) is 19.5. The van der Waals surface area contributed by atoms with Gasteiger partial charge in [-0.15, -0.1) is 0 Å². The SMILES string of the molecule is CC[Si](CC)(CC)OC[C@H]1C(C)=C([C@@H]2COC(C)(C)O2)CC[C@]1(CCC#N)[C@H](CC/C=C(\C)[C@@H]1O[C@H](CCCO[Si](C(C)C)(C(C)C)C(C)C)C[C@H]1C)OC(C)=O. The quantitative estimate of drug-likeness (QED) is 0.0435. The molecule has 7 atom stereocenters. The number of esters is 1. The van der Waals surface area contributed by atoms with Gasteiger partial charge >= 0.3 is 5.97 Å². The summed E-state index contributed by atoms with van der Waals surface area (Å²) in [6.07, 6.45) is 9.42. The lowest BCUT2D eigenvalue weighted by Gasteiger charge is -2.50. The average Bonchev–Trinajstić information content (AvgIpc) is 3.71. The Morgan fingerprint density at radius 1 is 1.02 bits per heavy atom. The first kappa shape index (κ1) is 50.0. The molecule has 0 N–H and O–H groups in total. The molecule has 0 radical (unpaired) electrons. The number of carbonyl (C=O) groups is 1. The zero-order valence-corrected chi connectivity index (χ0v) is 41.2. The number of rotatable bonds is 23. The number of nitrogens with zero attached hydrogens (tertiary/aromatic N) is 1. The van der Waals surface area contributed by atoms with Gasteiger partial charge in [-0.25, -0.2) is 0 Å². The molecular formula is C47H85NO7Si2. The van der Waals surface area contributed by atoms with E-state index in [0.29, 0.717) is 55.0 Å². The molecule has 8 nitrogen and oxygen atoms in total. The lowest BCUT2D eigenvalue weighted by atomic mass is 9.58. The van der Waals surface area contributed by atoms with Crippen molar-refractivity contribution in [3.05, 3.63) is 22.8 Å². The summed E-state index contributed by atoms with van der Waals surface area (Å²) in [5.74, 6) is -0.472. The third-order valence-corrected chi connectivity index (χ3v) is 25.4. The van der Waals surface area contributed by atoms with Crippen LogP contribution >= 0.6 is 0 Å². The first-order valence-electron chi connectivity index (χ1n) is 22.9. The number of hydrogen-bond acceptors (Lipinski definition) is 8. The topological polar surface area (TPSA) is 96.2 Å². The summed E-state index contributed by atoms with van der Waals surface area (Å²) >= 11 is 0. The smallest absolute Gasteiger partial charge is 0.302 e. The lowest BCUT2D eigenvalue weighted by molar-refractivity contribution is -0.160. The average molecular weight is 832 g/mol. The molecule has 0 amide bonds. The summed E-state index contributed by atoms with van der Waals surface area (Å²) in [6, 6.07) is 5.64. The summed E-state index contributed by atoms with van der Waals surface area (Å²) in [5.41, 5.74) is 5.13. The van der Waals surface area contributed by atoms with Crippen LogP contribution in [0.4, 0.5) is 0 Å². The molecule has 0 spiro atoms. The highest BCUT2D eigenvalue weighted by Crippen LogP contribution is 2.54. The molecule has 2 saturated heterocycles. The molecule has 1 aliphatic carbocycles. The molecule has 0 aromatic heterocycles. The van der Waals surface area contributed by atoms with Crippen molar-refractivity contribution < 1.29 is 32.6 Å². The summed E-state index contributed by atoms with van der Waals surface area (Å²) < 4.78 is 39.6. The Balaban J connectivity index is 1.84. The Hall–Kier alpha value is -1.33. The maximum absolute atomic E-state index is 12.9. The van der Waals surface area contributed by atoms with Gasteiger partial charge in [0.2, 0.25) is 0 Å². The normalized spacial score (nSPS) is 27.8. The Morgan fingerprint density at radius 2 is 1.65 bits per heavy atom. The summed E-state index contributed by atoms with van der Waals surface area (Å²) in [7, 11) is -3.82. The first-order valence-corrected chi connectivity index (χ1v) is 27.6. The zero-order valence-electron chi connectivity index (χ0n) is 39.2. The van der Waals surface area contributed by atoms with Crippen molar-refractivity contribution >= 4 is 22.6 Å². The highest BCUT2D eigenvalue weighted by molar-refractivity contribution is 6.77. The fraction of sp³-hybridized carbons (Fsp3) is 0.872.